The summed E-state index contributed by atoms with van der Waals surface area (Å²) in [7, 11) is -3.31. The predicted molar refractivity (Wildman–Crippen MR) is 86.5 cm³/mol. The highest BCUT2D eigenvalue weighted by Crippen LogP contribution is 2.25. The van der Waals surface area contributed by atoms with E-state index in [1.165, 1.54) is 28.6 Å². The Hall–Kier alpha value is -2.41. The molecule has 1 heterocycles. The number of carbonyl (C=O) groups is 1. The zero-order valence-electron chi connectivity index (χ0n) is 12.2. The van der Waals surface area contributed by atoms with Crippen LogP contribution in [0.1, 0.15) is 16.8 Å². The van der Waals surface area contributed by atoms with E-state index in [9.17, 15) is 17.6 Å². The van der Waals surface area contributed by atoms with E-state index in [-0.39, 0.29) is 17.0 Å². The van der Waals surface area contributed by atoms with Gasteiger partial charge in [0, 0.05) is 12.1 Å². The van der Waals surface area contributed by atoms with Crippen LogP contribution in [0.2, 0.25) is 0 Å². The fourth-order valence-electron chi connectivity index (χ4n) is 2.49. The van der Waals surface area contributed by atoms with Crippen molar-refractivity contribution in [3.05, 3.63) is 59.9 Å². The molecule has 0 aromatic heterocycles. The topological polar surface area (TPSA) is 66.5 Å². The van der Waals surface area contributed by atoms with E-state index < -0.39 is 21.7 Å². The second-order valence-electron chi connectivity index (χ2n) is 5.23. The third kappa shape index (κ3) is 3.19. The number of hydrogen-bond donors (Lipinski definition) is 1. The zero-order valence-corrected chi connectivity index (χ0v) is 13.0. The van der Waals surface area contributed by atoms with Crippen LogP contribution in [0.3, 0.4) is 0 Å². The van der Waals surface area contributed by atoms with Gasteiger partial charge in [-0.05, 0) is 36.8 Å². The highest BCUT2D eigenvalue weighted by atomic mass is 32.2. The van der Waals surface area contributed by atoms with E-state index in [0.29, 0.717) is 18.7 Å². The van der Waals surface area contributed by atoms with E-state index in [2.05, 4.69) is 5.32 Å². The third-order valence-corrected chi connectivity index (χ3v) is 5.49. The number of para-hydroxylation sites is 1. The lowest BCUT2D eigenvalue weighted by atomic mass is 10.1. The van der Waals surface area contributed by atoms with Gasteiger partial charge in [-0.25, -0.2) is 12.8 Å². The van der Waals surface area contributed by atoms with Gasteiger partial charge in [0.2, 0.25) is 10.0 Å². The van der Waals surface area contributed by atoms with Crippen molar-refractivity contribution in [1.29, 1.82) is 0 Å². The number of anilines is 2. The Morgan fingerprint density at radius 1 is 1.13 bits per heavy atom. The molecule has 120 valence electrons. The summed E-state index contributed by atoms with van der Waals surface area (Å²) in [6.07, 6.45) is 0.563. The molecule has 1 amide bonds. The van der Waals surface area contributed by atoms with Gasteiger partial charge in [0.25, 0.3) is 5.91 Å². The molecule has 0 saturated carbocycles. The number of rotatable bonds is 3. The summed E-state index contributed by atoms with van der Waals surface area (Å²) >= 11 is 0. The van der Waals surface area contributed by atoms with E-state index in [0.717, 1.165) is 0 Å². The number of sulfonamides is 1. The van der Waals surface area contributed by atoms with Crippen LogP contribution in [0.15, 0.2) is 48.5 Å². The van der Waals surface area contributed by atoms with Gasteiger partial charge in [0.15, 0.2) is 0 Å². The Morgan fingerprint density at radius 2 is 1.91 bits per heavy atom. The van der Waals surface area contributed by atoms with Crippen molar-refractivity contribution in [1.82, 2.24) is 0 Å². The Bertz CT molecular complexity index is 852. The average Bonchev–Trinajstić information content (AvgIpc) is 2.89. The molecule has 7 heteroatoms. The molecule has 1 N–H and O–H groups in total. The molecule has 0 radical (unpaired) electrons. The maximum absolute atomic E-state index is 13.6. The van der Waals surface area contributed by atoms with Crippen molar-refractivity contribution in [3.8, 4) is 0 Å². The quantitative estimate of drug-likeness (QED) is 0.938. The Balaban J connectivity index is 1.85. The predicted octanol–water partition coefficient (Wildman–Crippen LogP) is 2.62. The van der Waals surface area contributed by atoms with Crippen molar-refractivity contribution in [2.45, 2.75) is 6.42 Å². The molecule has 2 aromatic carbocycles. The Morgan fingerprint density at radius 3 is 2.61 bits per heavy atom. The maximum Gasteiger partial charge on any atom is 0.255 e. The van der Waals surface area contributed by atoms with Crippen LogP contribution in [0.25, 0.3) is 0 Å². The monoisotopic (exact) mass is 334 g/mol. The van der Waals surface area contributed by atoms with E-state index in [1.807, 2.05) is 0 Å². The van der Waals surface area contributed by atoms with Crippen LogP contribution >= 0.6 is 0 Å². The number of hydrogen-bond acceptors (Lipinski definition) is 3. The van der Waals surface area contributed by atoms with E-state index in [1.54, 1.807) is 24.3 Å². The van der Waals surface area contributed by atoms with Crippen molar-refractivity contribution < 1.29 is 17.6 Å². The first kappa shape index (κ1) is 15.5. The molecule has 0 aliphatic carbocycles. The zero-order chi connectivity index (χ0) is 16.4. The summed E-state index contributed by atoms with van der Waals surface area (Å²) in [4.78, 5) is 12.2. The number of nitrogens with one attached hydrogen (secondary N) is 1. The second kappa shape index (κ2) is 6.00. The molecule has 23 heavy (non-hydrogen) atoms. The molecular formula is C16H15FN2O3S. The van der Waals surface area contributed by atoms with E-state index in [4.69, 9.17) is 0 Å². The largest absolute Gasteiger partial charge is 0.319 e. The second-order valence-corrected chi connectivity index (χ2v) is 7.24. The first-order valence-electron chi connectivity index (χ1n) is 7.14. The lowest BCUT2D eigenvalue weighted by molar-refractivity contribution is 0.102. The van der Waals surface area contributed by atoms with Crippen LogP contribution in [-0.4, -0.2) is 26.6 Å². The standard InChI is InChI=1S/C16H15FN2O3S/c17-14-7-1-2-8-15(14)18-16(20)12-5-3-6-13(11-12)19-9-4-10-23(19,21)22/h1-3,5-8,11H,4,9-10H2,(H,18,20). The van der Waals surface area contributed by atoms with Gasteiger partial charge >= 0.3 is 0 Å². The van der Waals surface area contributed by atoms with Gasteiger partial charge in [-0.2, -0.15) is 0 Å². The first-order valence-corrected chi connectivity index (χ1v) is 8.75. The first-order chi connectivity index (χ1) is 11.0. The van der Waals surface area contributed by atoms with Crippen LogP contribution in [0.4, 0.5) is 15.8 Å². The highest BCUT2D eigenvalue weighted by molar-refractivity contribution is 7.93. The minimum absolute atomic E-state index is 0.0803. The molecule has 1 fully saturated rings. The van der Waals surface area contributed by atoms with Crippen molar-refractivity contribution in [2.24, 2.45) is 0 Å². The van der Waals surface area contributed by atoms with Crippen molar-refractivity contribution in [2.75, 3.05) is 21.9 Å². The molecule has 1 saturated heterocycles. The van der Waals surface area contributed by atoms with Gasteiger partial charge in [-0.15, -0.1) is 0 Å². The molecule has 0 atom stereocenters. The Labute approximate surface area is 133 Å². The summed E-state index contributed by atoms with van der Waals surface area (Å²) in [5, 5.41) is 2.48. The molecule has 1 aliphatic heterocycles. The number of nitrogens with zero attached hydrogens (tertiary/aromatic N) is 1. The minimum atomic E-state index is -3.31. The number of benzene rings is 2. The normalized spacial score (nSPS) is 16.3. The molecule has 2 aromatic rings. The highest BCUT2D eigenvalue weighted by Gasteiger charge is 2.28. The lowest BCUT2D eigenvalue weighted by Gasteiger charge is -2.17. The van der Waals surface area contributed by atoms with Crippen LogP contribution < -0.4 is 9.62 Å². The molecule has 0 spiro atoms. The summed E-state index contributed by atoms with van der Waals surface area (Å²) in [6.45, 7) is 0.403. The van der Waals surface area contributed by atoms with E-state index >= 15 is 0 Å². The molecule has 5 nitrogen and oxygen atoms in total. The maximum atomic E-state index is 13.6. The Kier molecular flexibility index (Phi) is 4.04. The number of amides is 1. The molecule has 3 rings (SSSR count). The molecule has 0 bridgehead atoms. The summed E-state index contributed by atoms with van der Waals surface area (Å²) in [6, 6.07) is 12.2. The van der Waals surface area contributed by atoms with Gasteiger partial charge in [0.1, 0.15) is 5.82 Å². The van der Waals surface area contributed by atoms with Crippen LogP contribution in [0, 0.1) is 5.82 Å². The lowest BCUT2D eigenvalue weighted by Crippen LogP contribution is -2.25. The third-order valence-electron chi connectivity index (χ3n) is 3.62. The van der Waals surface area contributed by atoms with Crippen LogP contribution in [0.5, 0.6) is 0 Å². The SMILES string of the molecule is O=C(Nc1ccccc1F)c1cccc(N2CCCS2(=O)=O)c1. The van der Waals surface area contributed by atoms with Gasteiger partial charge in [0.05, 0.1) is 17.1 Å². The van der Waals surface area contributed by atoms with Crippen LogP contribution in [-0.2, 0) is 10.0 Å². The number of halogens is 1. The fraction of sp³-hybridized carbons (Fsp3) is 0.188. The summed E-state index contributed by atoms with van der Waals surface area (Å²) in [5.41, 5.74) is 0.799. The smallest absolute Gasteiger partial charge is 0.255 e. The van der Waals surface area contributed by atoms with Gasteiger partial charge < -0.3 is 5.32 Å². The summed E-state index contributed by atoms with van der Waals surface area (Å²) in [5.74, 6) is -0.911. The van der Waals surface area contributed by atoms with Gasteiger partial charge in [-0.3, -0.25) is 9.10 Å². The van der Waals surface area contributed by atoms with Crippen molar-refractivity contribution in [3.63, 3.8) is 0 Å². The fourth-order valence-corrected chi connectivity index (χ4v) is 4.05. The molecule has 1 aliphatic rings. The minimum Gasteiger partial charge on any atom is -0.319 e. The average molecular weight is 334 g/mol. The molecule has 0 unspecified atom stereocenters. The van der Waals surface area contributed by atoms with Gasteiger partial charge in [-0.1, -0.05) is 18.2 Å². The van der Waals surface area contributed by atoms with Crippen molar-refractivity contribution >= 4 is 27.3 Å². The number of carbonyl (C=O) groups excluding carboxylic acids is 1. The molecular weight excluding hydrogens is 319 g/mol. The summed E-state index contributed by atoms with van der Waals surface area (Å²) < 4.78 is 38.8.